The molecule has 26 heavy (non-hydrogen) atoms. The third-order valence-corrected chi connectivity index (χ3v) is 5.39. The van der Waals surface area contributed by atoms with Crippen molar-refractivity contribution in [2.24, 2.45) is 5.92 Å². The molecule has 2 aliphatic rings. The van der Waals surface area contributed by atoms with Gasteiger partial charge in [0.2, 0.25) is 0 Å². The lowest BCUT2D eigenvalue weighted by Crippen LogP contribution is -2.40. The lowest BCUT2D eigenvalue weighted by Gasteiger charge is -2.31. The summed E-state index contributed by atoms with van der Waals surface area (Å²) in [6.07, 6.45) is 10.6. The molecule has 0 saturated carbocycles. The van der Waals surface area contributed by atoms with Crippen molar-refractivity contribution in [3.8, 4) is 0 Å². The lowest BCUT2D eigenvalue weighted by atomic mass is 9.95. The standard InChI is InChI=1S/C19H23N5O2/c25-18-11-15-3-1-2-4-16(15)22-24(18)13-14-5-9-23(10-6-14)19(26)17-12-20-7-8-21-17/h7-8,11-12,14H,1-6,9-10,13H2. The molecule has 2 aromatic heterocycles. The molecule has 1 aliphatic carbocycles. The second kappa shape index (κ2) is 7.35. The minimum Gasteiger partial charge on any atom is -0.337 e. The molecule has 136 valence electrons. The normalized spacial score (nSPS) is 17.8. The van der Waals surface area contributed by atoms with Crippen molar-refractivity contribution in [3.63, 3.8) is 0 Å². The molecule has 0 N–H and O–H groups in total. The first-order valence-electron chi connectivity index (χ1n) is 9.36. The Labute approximate surface area is 152 Å². The number of aryl methyl sites for hydroxylation is 2. The van der Waals surface area contributed by atoms with Gasteiger partial charge in [0.15, 0.2) is 0 Å². The van der Waals surface area contributed by atoms with Gasteiger partial charge >= 0.3 is 0 Å². The summed E-state index contributed by atoms with van der Waals surface area (Å²) in [7, 11) is 0. The van der Waals surface area contributed by atoms with Crippen molar-refractivity contribution < 1.29 is 4.79 Å². The Bertz CT molecular complexity index is 841. The van der Waals surface area contributed by atoms with Crippen molar-refractivity contribution in [1.29, 1.82) is 0 Å². The smallest absolute Gasteiger partial charge is 0.274 e. The first-order valence-corrected chi connectivity index (χ1v) is 9.36. The van der Waals surface area contributed by atoms with Crippen LogP contribution in [0.15, 0.2) is 29.5 Å². The van der Waals surface area contributed by atoms with Crippen molar-refractivity contribution in [2.45, 2.75) is 45.1 Å². The van der Waals surface area contributed by atoms with E-state index in [0.29, 0.717) is 31.2 Å². The largest absolute Gasteiger partial charge is 0.337 e. The molecule has 0 bridgehead atoms. The van der Waals surface area contributed by atoms with Crippen LogP contribution in [0.5, 0.6) is 0 Å². The zero-order chi connectivity index (χ0) is 17.9. The van der Waals surface area contributed by atoms with Crippen LogP contribution in [-0.2, 0) is 19.4 Å². The Kier molecular flexibility index (Phi) is 4.77. The van der Waals surface area contributed by atoms with Crippen molar-refractivity contribution in [3.05, 3.63) is 52.0 Å². The molecule has 1 saturated heterocycles. The van der Waals surface area contributed by atoms with Crippen LogP contribution in [0.3, 0.4) is 0 Å². The molecule has 1 aliphatic heterocycles. The van der Waals surface area contributed by atoms with Crippen molar-refractivity contribution in [1.82, 2.24) is 24.6 Å². The fourth-order valence-electron chi connectivity index (χ4n) is 3.87. The molecule has 1 amide bonds. The van der Waals surface area contributed by atoms with E-state index in [9.17, 15) is 9.59 Å². The molecule has 3 heterocycles. The first-order chi connectivity index (χ1) is 12.7. The van der Waals surface area contributed by atoms with Gasteiger partial charge in [0.05, 0.1) is 11.9 Å². The minimum absolute atomic E-state index is 0.00344. The van der Waals surface area contributed by atoms with Gasteiger partial charge in [0, 0.05) is 38.1 Å². The van der Waals surface area contributed by atoms with Crippen LogP contribution in [-0.4, -0.2) is 43.6 Å². The Morgan fingerprint density at radius 2 is 1.96 bits per heavy atom. The zero-order valence-electron chi connectivity index (χ0n) is 14.8. The van der Waals surface area contributed by atoms with Crippen LogP contribution >= 0.6 is 0 Å². The van der Waals surface area contributed by atoms with E-state index in [0.717, 1.165) is 49.8 Å². The number of hydrogen-bond acceptors (Lipinski definition) is 5. The molecule has 0 atom stereocenters. The van der Waals surface area contributed by atoms with Gasteiger partial charge in [-0.15, -0.1) is 0 Å². The average molecular weight is 353 g/mol. The average Bonchev–Trinajstić information content (AvgIpc) is 2.69. The van der Waals surface area contributed by atoms with E-state index in [1.807, 2.05) is 4.90 Å². The molecule has 0 spiro atoms. The highest BCUT2D eigenvalue weighted by molar-refractivity contribution is 5.91. The number of amides is 1. The van der Waals surface area contributed by atoms with E-state index in [4.69, 9.17) is 0 Å². The number of likely N-dealkylation sites (tertiary alicyclic amines) is 1. The fraction of sp³-hybridized carbons (Fsp3) is 0.526. The van der Waals surface area contributed by atoms with Crippen LogP contribution in [0.25, 0.3) is 0 Å². The van der Waals surface area contributed by atoms with Crippen LogP contribution in [0.2, 0.25) is 0 Å². The highest BCUT2D eigenvalue weighted by Gasteiger charge is 2.25. The summed E-state index contributed by atoms with van der Waals surface area (Å²) in [6.45, 7) is 2.00. The summed E-state index contributed by atoms with van der Waals surface area (Å²) in [4.78, 5) is 34.6. The summed E-state index contributed by atoms with van der Waals surface area (Å²) < 4.78 is 1.63. The van der Waals surface area contributed by atoms with Crippen molar-refractivity contribution >= 4 is 5.91 Å². The van der Waals surface area contributed by atoms with E-state index in [2.05, 4.69) is 15.1 Å². The van der Waals surface area contributed by atoms with E-state index < -0.39 is 0 Å². The van der Waals surface area contributed by atoms with Gasteiger partial charge in [-0.05, 0) is 50.0 Å². The Morgan fingerprint density at radius 1 is 1.15 bits per heavy atom. The number of nitrogens with zero attached hydrogens (tertiary/aromatic N) is 5. The third-order valence-electron chi connectivity index (χ3n) is 5.39. The van der Waals surface area contributed by atoms with Crippen molar-refractivity contribution in [2.75, 3.05) is 13.1 Å². The van der Waals surface area contributed by atoms with Gasteiger partial charge in [0.1, 0.15) is 5.69 Å². The van der Waals surface area contributed by atoms with E-state index in [1.165, 1.54) is 12.4 Å². The van der Waals surface area contributed by atoms with Crippen LogP contribution < -0.4 is 5.56 Å². The number of hydrogen-bond donors (Lipinski definition) is 0. The van der Waals surface area contributed by atoms with E-state index in [1.54, 1.807) is 16.9 Å². The predicted octanol–water partition coefficient (Wildman–Crippen LogP) is 1.46. The zero-order valence-corrected chi connectivity index (χ0v) is 14.8. The van der Waals surface area contributed by atoms with Crippen LogP contribution in [0.4, 0.5) is 0 Å². The summed E-state index contributed by atoms with van der Waals surface area (Å²) in [6, 6.07) is 1.77. The molecule has 0 aromatic carbocycles. The number of aromatic nitrogens is 4. The maximum absolute atomic E-state index is 12.4. The second-order valence-electron chi connectivity index (χ2n) is 7.17. The number of piperidine rings is 1. The van der Waals surface area contributed by atoms with Gasteiger partial charge in [0.25, 0.3) is 11.5 Å². The molecule has 4 rings (SSSR count). The summed E-state index contributed by atoms with van der Waals surface area (Å²) >= 11 is 0. The number of fused-ring (bicyclic) bond motifs is 1. The van der Waals surface area contributed by atoms with Gasteiger partial charge in [-0.1, -0.05) is 0 Å². The molecule has 2 aromatic rings. The number of carbonyl (C=O) groups excluding carboxylic acids is 1. The SMILES string of the molecule is O=C(c1cnccn1)N1CCC(Cn2nc3c(cc2=O)CCCC3)CC1. The maximum atomic E-state index is 12.4. The van der Waals surface area contributed by atoms with Gasteiger partial charge in [-0.3, -0.25) is 14.6 Å². The predicted molar refractivity (Wildman–Crippen MR) is 95.8 cm³/mol. The van der Waals surface area contributed by atoms with Gasteiger partial charge < -0.3 is 4.90 Å². The molecular weight excluding hydrogens is 330 g/mol. The quantitative estimate of drug-likeness (QED) is 0.834. The van der Waals surface area contributed by atoms with E-state index >= 15 is 0 Å². The summed E-state index contributed by atoms with van der Waals surface area (Å²) in [5.41, 5.74) is 2.61. The summed E-state index contributed by atoms with van der Waals surface area (Å²) in [5.74, 6) is 0.299. The molecule has 0 unspecified atom stereocenters. The molecule has 1 fully saturated rings. The monoisotopic (exact) mass is 353 g/mol. The van der Waals surface area contributed by atoms with Gasteiger partial charge in [-0.25, -0.2) is 9.67 Å². The maximum Gasteiger partial charge on any atom is 0.274 e. The highest BCUT2D eigenvalue weighted by atomic mass is 16.2. The van der Waals surface area contributed by atoms with Crippen LogP contribution in [0, 0.1) is 5.92 Å². The van der Waals surface area contributed by atoms with Gasteiger partial charge in [-0.2, -0.15) is 5.10 Å². The topological polar surface area (TPSA) is 81.0 Å². The summed E-state index contributed by atoms with van der Waals surface area (Å²) in [5, 5.41) is 4.61. The Morgan fingerprint density at radius 3 is 2.73 bits per heavy atom. The number of rotatable bonds is 3. The fourth-order valence-corrected chi connectivity index (χ4v) is 3.87. The lowest BCUT2D eigenvalue weighted by molar-refractivity contribution is 0.0674. The minimum atomic E-state index is -0.0689. The Balaban J connectivity index is 1.38. The molecule has 7 heteroatoms. The first kappa shape index (κ1) is 16.9. The molecule has 7 nitrogen and oxygen atoms in total. The second-order valence-corrected chi connectivity index (χ2v) is 7.17. The third kappa shape index (κ3) is 3.52. The van der Waals surface area contributed by atoms with Crippen LogP contribution in [0.1, 0.15) is 47.4 Å². The Hall–Kier alpha value is -2.57. The number of carbonyl (C=O) groups is 1. The van der Waals surface area contributed by atoms with E-state index in [-0.39, 0.29) is 11.5 Å². The molecular formula is C19H23N5O2. The molecule has 0 radical (unpaired) electrons. The highest BCUT2D eigenvalue weighted by Crippen LogP contribution is 2.21.